The monoisotopic (exact) mass is 409 g/mol. The summed E-state index contributed by atoms with van der Waals surface area (Å²) in [6.07, 6.45) is 0. The molecule has 1 N–H and O–H groups in total. The van der Waals surface area contributed by atoms with E-state index in [4.69, 9.17) is 9.84 Å². The molecule has 1 amide bonds. The Labute approximate surface area is 173 Å². The van der Waals surface area contributed by atoms with Gasteiger partial charge in [0.25, 0.3) is 5.19 Å². The zero-order valence-corrected chi connectivity index (χ0v) is 16.8. The van der Waals surface area contributed by atoms with Crippen molar-refractivity contribution in [1.29, 1.82) is 0 Å². The molecule has 0 aliphatic carbocycles. The van der Waals surface area contributed by atoms with Gasteiger partial charge in [-0.2, -0.15) is 0 Å². The van der Waals surface area contributed by atoms with Crippen molar-refractivity contribution in [2.24, 2.45) is 11.8 Å². The molecule has 3 aromatic rings. The molecule has 0 spiro atoms. The molecule has 5 rings (SSSR count). The van der Waals surface area contributed by atoms with Gasteiger partial charge in [-0.1, -0.05) is 35.6 Å². The number of hydrogen-bond donors (Lipinski definition) is 1. The van der Waals surface area contributed by atoms with Crippen LogP contribution in [0.2, 0.25) is 0 Å². The van der Waals surface area contributed by atoms with E-state index in [1.807, 2.05) is 36.4 Å². The van der Waals surface area contributed by atoms with E-state index in [2.05, 4.69) is 22.0 Å². The van der Waals surface area contributed by atoms with Gasteiger partial charge in [0.1, 0.15) is 12.4 Å². The van der Waals surface area contributed by atoms with Crippen molar-refractivity contribution in [2.45, 2.75) is 6.54 Å². The van der Waals surface area contributed by atoms with Crippen LogP contribution in [0, 0.1) is 11.8 Å². The molecule has 7 heteroatoms. The standard InChI is InChI=1S/C22H23N3O3S/c26-14-21(27)25-12-16-10-24(11-17(16)13-25)9-15-5-7-18(8-6-15)28-22-23-19-3-1-2-4-20(19)29-22/h1-8,16-17,26H,9-14H2. The zero-order valence-electron chi connectivity index (χ0n) is 16.0. The fourth-order valence-electron chi connectivity index (χ4n) is 4.44. The quantitative estimate of drug-likeness (QED) is 0.702. The number of nitrogens with zero attached hydrogens (tertiary/aromatic N) is 3. The number of aliphatic hydroxyl groups is 1. The van der Waals surface area contributed by atoms with Crippen molar-refractivity contribution in [3.8, 4) is 10.9 Å². The largest absolute Gasteiger partial charge is 0.431 e. The van der Waals surface area contributed by atoms with E-state index in [1.54, 1.807) is 16.2 Å². The first-order valence-corrected chi connectivity index (χ1v) is 10.7. The van der Waals surface area contributed by atoms with Crippen LogP contribution in [0.15, 0.2) is 48.5 Å². The van der Waals surface area contributed by atoms with Gasteiger partial charge < -0.3 is 14.7 Å². The maximum Gasteiger partial charge on any atom is 0.279 e. The highest BCUT2D eigenvalue weighted by Gasteiger charge is 2.41. The van der Waals surface area contributed by atoms with Crippen LogP contribution < -0.4 is 4.74 Å². The summed E-state index contributed by atoms with van der Waals surface area (Å²) in [5.41, 5.74) is 2.22. The first-order chi connectivity index (χ1) is 14.2. The average Bonchev–Trinajstić information content (AvgIpc) is 3.41. The van der Waals surface area contributed by atoms with Gasteiger partial charge in [0.05, 0.1) is 10.2 Å². The summed E-state index contributed by atoms with van der Waals surface area (Å²) < 4.78 is 7.05. The van der Waals surface area contributed by atoms with E-state index in [0.717, 1.165) is 48.7 Å². The van der Waals surface area contributed by atoms with E-state index in [1.165, 1.54) is 5.56 Å². The van der Waals surface area contributed by atoms with Gasteiger partial charge in [-0.25, -0.2) is 4.98 Å². The van der Waals surface area contributed by atoms with Gasteiger partial charge in [0.2, 0.25) is 5.91 Å². The predicted octanol–water partition coefficient (Wildman–Crippen LogP) is 2.97. The summed E-state index contributed by atoms with van der Waals surface area (Å²) in [6.45, 7) is 4.08. The lowest BCUT2D eigenvalue weighted by Crippen LogP contribution is -2.34. The topological polar surface area (TPSA) is 65.9 Å². The maximum absolute atomic E-state index is 11.7. The number of benzene rings is 2. The molecule has 3 heterocycles. The van der Waals surface area contributed by atoms with E-state index in [-0.39, 0.29) is 12.5 Å². The smallest absolute Gasteiger partial charge is 0.279 e. The fraction of sp³-hybridized carbons (Fsp3) is 0.364. The lowest BCUT2D eigenvalue weighted by atomic mass is 10.0. The number of para-hydroxylation sites is 1. The number of likely N-dealkylation sites (tertiary alicyclic amines) is 2. The van der Waals surface area contributed by atoms with Crippen LogP contribution in [0.4, 0.5) is 0 Å². The van der Waals surface area contributed by atoms with Gasteiger partial charge >= 0.3 is 0 Å². The molecular formula is C22H23N3O3S. The highest BCUT2D eigenvalue weighted by atomic mass is 32.1. The molecule has 2 atom stereocenters. The van der Waals surface area contributed by atoms with Gasteiger partial charge in [0.15, 0.2) is 0 Å². The lowest BCUT2D eigenvalue weighted by molar-refractivity contribution is -0.133. The first kappa shape index (κ1) is 18.5. The Bertz CT molecular complexity index is 973. The van der Waals surface area contributed by atoms with Crippen molar-refractivity contribution >= 4 is 27.5 Å². The summed E-state index contributed by atoms with van der Waals surface area (Å²) in [4.78, 5) is 20.5. The second-order valence-corrected chi connectivity index (χ2v) is 8.86. The van der Waals surface area contributed by atoms with Crippen LogP contribution in [0.3, 0.4) is 0 Å². The Morgan fingerprint density at radius 2 is 1.79 bits per heavy atom. The average molecular weight is 410 g/mol. The molecule has 2 aromatic carbocycles. The SMILES string of the molecule is O=C(CO)N1CC2CN(Cc3ccc(Oc4nc5ccccc5s4)cc3)CC2C1. The summed E-state index contributed by atoms with van der Waals surface area (Å²) in [6, 6.07) is 16.2. The summed E-state index contributed by atoms with van der Waals surface area (Å²) >= 11 is 1.55. The van der Waals surface area contributed by atoms with E-state index < -0.39 is 0 Å². The number of aromatic nitrogens is 1. The summed E-state index contributed by atoms with van der Waals surface area (Å²) in [5.74, 6) is 1.69. The Morgan fingerprint density at radius 1 is 1.07 bits per heavy atom. The molecule has 2 saturated heterocycles. The Kier molecular flexibility index (Phi) is 4.95. The number of carbonyl (C=O) groups is 1. The van der Waals surface area contributed by atoms with Crippen molar-refractivity contribution in [3.63, 3.8) is 0 Å². The molecule has 6 nitrogen and oxygen atoms in total. The molecule has 0 bridgehead atoms. The molecular weight excluding hydrogens is 386 g/mol. The normalized spacial score (nSPS) is 21.6. The third-order valence-electron chi connectivity index (χ3n) is 5.86. The van der Waals surface area contributed by atoms with Crippen LogP contribution in [-0.2, 0) is 11.3 Å². The van der Waals surface area contributed by atoms with Crippen LogP contribution in [-0.4, -0.2) is 58.6 Å². The van der Waals surface area contributed by atoms with Gasteiger partial charge in [-0.05, 0) is 41.7 Å². The second kappa shape index (κ2) is 7.74. The molecule has 0 radical (unpaired) electrons. The number of thiazole rings is 1. The number of amides is 1. The molecule has 0 saturated carbocycles. The molecule has 2 aliphatic heterocycles. The van der Waals surface area contributed by atoms with Crippen LogP contribution in [0.1, 0.15) is 5.56 Å². The van der Waals surface area contributed by atoms with Crippen molar-refractivity contribution in [2.75, 3.05) is 32.8 Å². The van der Waals surface area contributed by atoms with Gasteiger partial charge in [-0.15, -0.1) is 0 Å². The molecule has 2 aliphatic rings. The zero-order chi connectivity index (χ0) is 19.8. The maximum atomic E-state index is 11.7. The van der Waals surface area contributed by atoms with Crippen molar-refractivity contribution in [3.05, 3.63) is 54.1 Å². The summed E-state index contributed by atoms with van der Waals surface area (Å²) in [5, 5.41) is 9.70. The van der Waals surface area contributed by atoms with Crippen LogP contribution in [0.25, 0.3) is 10.2 Å². The molecule has 1 aromatic heterocycles. The Hall–Kier alpha value is -2.48. The molecule has 2 unspecified atom stereocenters. The minimum absolute atomic E-state index is 0.144. The molecule has 29 heavy (non-hydrogen) atoms. The first-order valence-electron chi connectivity index (χ1n) is 9.91. The minimum atomic E-state index is -0.380. The highest BCUT2D eigenvalue weighted by molar-refractivity contribution is 7.20. The number of rotatable bonds is 5. The third kappa shape index (κ3) is 3.85. The van der Waals surface area contributed by atoms with E-state index in [9.17, 15) is 4.79 Å². The van der Waals surface area contributed by atoms with Crippen molar-refractivity contribution in [1.82, 2.24) is 14.8 Å². The lowest BCUT2D eigenvalue weighted by Gasteiger charge is -2.21. The molecule has 150 valence electrons. The summed E-state index contributed by atoms with van der Waals surface area (Å²) in [7, 11) is 0. The third-order valence-corrected chi connectivity index (χ3v) is 6.77. The van der Waals surface area contributed by atoms with Gasteiger partial charge in [0, 0.05) is 32.7 Å². The number of ether oxygens (including phenoxy) is 1. The fourth-order valence-corrected chi connectivity index (χ4v) is 5.27. The van der Waals surface area contributed by atoms with Crippen molar-refractivity contribution < 1.29 is 14.6 Å². The number of fused-ring (bicyclic) bond motifs is 2. The van der Waals surface area contributed by atoms with E-state index in [0.29, 0.717) is 17.0 Å². The number of aliphatic hydroxyl groups excluding tert-OH is 1. The Balaban J connectivity index is 1.17. The molecule has 2 fully saturated rings. The van der Waals surface area contributed by atoms with Gasteiger partial charge in [-0.3, -0.25) is 9.69 Å². The van der Waals surface area contributed by atoms with Crippen LogP contribution >= 0.6 is 11.3 Å². The second-order valence-electron chi connectivity index (χ2n) is 7.86. The highest BCUT2D eigenvalue weighted by Crippen LogP contribution is 2.33. The van der Waals surface area contributed by atoms with Crippen LogP contribution in [0.5, 0.6) is 10.9 Å². The predicted molar refractivity (Wildman–Crippen MR) is 112 cm³/mol. The number of carbonyl (C=O) groups excluding carboxylic acids is 1. The number of hydrogen-bond acceptors (Lipinski definition) is 6. The van der Waals surface area contributed by atoms with E-state index >= 15 is 0 Å². The Morgan fingerprint density at radius 3 is 2.48 bits per heavy atom. The minimum Gasteiger partial charge on any atom is -0.431 e.